The van der Waals surface area contributed by atoms with Crippen molar-refractivity contribution in [1.29, 1.82) is 0 Å². The fraction of sp³-hybridized carbons (Fsp3) is 0. The fourth-order valence-corrected chi connectivity index (χ4v) is 0.763. The van der Waals surface area contributed by atoms with Crippen LogP contribution in [0.15, 0.2) is 36.9 Å². The molecule has 0 aliphatic heterocycles. The molecular weight excluding hydrogens is 196 g/mol. The number of hydrogen-bond donors (Lipinski definition) is 1. The van der Waals surface area contributed by atoms with E-state index in [0.29, 0.717) is 5.56 Å². The van der Waals surface area contributed by atoms with E-state index in [1.807, 2.05) is 6.07 Å². The van der Waals surface area contributed by atoms with Crippen molar-refractivity contribution in [1.82, 2.24) is 0 Å². The number of aliphatic carboxylic acids is 1. The molecular formula is C9H8FeO2. The summed E-state index contributed by atoms with van der Waals surface area (Å²) in [5, 5.41) is 8.54. The number of carbonyl (C=O) groups is 1. The molecule has 64 valence electrons. The number of carboxylic acids is 1. The van der Waals surface area contributed by atoms with Crippen LogP contribution in [0.4, 0.5) is 0 Å². The summed E-state index contributed by atoms with van der Waals surface area (Å²) in [5.41, 5.74) is 0.783. The Kier molecular flexibility index (Phi) is 4.34. The van der Waals surface area contributed by atoms with Gasteiger partial charge in [-0.2, -0.15) is 0 Å². The molecule has 1 rings (SSSR count). The zero-order valence-electron chi connectivity index (χ0n) is 6.30. The molecule has 0 spiro atoms. The largest absolute Gasteiger partial charge is 0.478 e. The van der Waals surface area contributed by atoms with Gasteiger partial charge in [-0.15, -0.1) is 0 Å². The van der Waals surface area contributed by atoms with Gasteiger partial charge in [0.05, 0.1) is 5.57 Å². The first kappa shape index (κ1) is 10.9. The Morgan fingerprint density at radius 2 is 1.75 bits per heavy atom. The average Bonchev–Trinajstić information content (AvgIpc) is 2.05. The molecule has 0 bridgehead atoms. The van der Waals surface area contributed by atoms with Crippen LogP contribution >= 0.6 is 0 Å². The molecule has 1 N–H and O–H groups in total. The van der Waals surface area contributed by atoms with E-state index in [2.05, 4.69) is 6.58 Å². The van der Waals surface area contributed by atoms with Crippen molar-refractivity contribution in [2.45, 2.75) is 0 Å². The van der Waals surface area contributed by atoms with E-state index in [0.717, 1.165) is 0 Å². The summed E-state index contributed by atoms with van der Waals surface area (Å²) in [6.45, 7) is 3.42. The molecule has 0 saturated heterocycles. The van der Waals surface area contributed by atoms with E-state index in [9.17, 15) is 4.79 Å². The molecule has 0 heterocycles. The first-order valence-electron chi connectivity index (χ1n) is 3.19. The van der Waals surface area contributed by atoms with Gasteiger partial charge in [-0.25, -0.2) is 4.79 Å². The van der Waals surface area contributed by atoms with Crippen LogP contribution in [-0.4, -0.2) is 11.1 Å². The van der Waals surface area contributed by atoms with Crippen LogP contribution in [0.1, 0.15) is 5.56 Å². The van der Waals surface area contributed by atoms with Crippen molar-refractivity contribution in [3.63, 3.8) is 0 Å². The van der Waals surface area contributed by atoms with Gasteiger partial charge in [0.1, 0.15) is 0 Å². The fourth-order valence-electron chi connectivity index (χ4n) is 0.763. The van der Waals surface area contributed by atoms with E-state index in [-0.39, 0.29) is 22.6 Å². The van der Waals surface area contributed by atoms with Gasteiger partial charge in [-0.05, 0) is 5.56 Å². The van der Waals surface area contributed by atoms with Crippen molar-refractivity contribution in [3.05, 3.63) is 42.5 Å². The minimum absolute atomic E-state index is 0. The van der Waals surface area contributed by atoms with E-state index in [1.165, 1.54) is 0 Å². The maximum Gasteiger partial charge on any atom is 0.335 e. The Morgan fingerprint density at radius 3 is 2.17 bits per heavy atom. The van der Waals surface area contributed by atoms with Gasteiger partial charge in [-0.3, -0.25) is 0 Å². The molecule has 12 heavy (non-hydrogen) atoms. The normalized spacial score (nSPS) is 8.33. The van der Waals surface area contributed by atoms with Crippen molar-refractivity contribution in [2.24, 2.45) is 0 Å². The predicted octanol–water partition coefficient (Wildman–Crippen LogP) is 1.78. The Bertz CT molecular complexity index is 280. The summed E-state index contributed by atoms with van der Waals surface area (Å²) in [4.78, 5) is 10.4. The molecule has 0 unspecified atom stereocenters. The number of carboxylic acid groups (broad SMARTS) is 1. The minimum Gasteiger partial charge on any atom is -0.478 e. The second-order valence-corrected chi connectivity index (χ2v) is 2.15. The van der Waals surface area contributed by atoms with Crippen molar-refractivity contribution in [3.8, 4) is 0 Å². The molecule has 1 aromatic carbocycles. The Morgan fingerprint density at radius 1 is 1.25 bits per heavy atom. The first-order chi connectivity index (χ1) is 5.22. The molecule has 3 heteroatoms. The molecule has 0 radical (unpaired) electrons. The number of hydrogen-bond acceptors (Lipinski definition) is 1. The molecule has 0 aromatic heterocycles. The second-order valence-electron chi connectivity index (χ2n) is 2.15. The van der Waals surface area contributed by atoms with Gasteiger partial charge >= 0.3 is 5.97 Å². The second kappa shape index (κ2) is 4.75. The zero-order valence-corrected chi connectivity index (χ0v) is 7.41. The molecule has 1 aromatic rings. The number of rotatable bonds is 2. The van der Waals surface area contributed by atoms with Crippen molar-refractivity contribution < 1.29 is 27.0 Å². The Labute approximate surface area is 81.4 Å². The molecule has 0 atom stereocenters. The van der Waals surface area contributed by atoms with Gasteiger partial charge < -0.3 is 5.11 Å². The van der Waals surface area contributed by atoms with Crippen LogP contribution in [0.3, 0.4) is 0 Å². The molecule has 0 fully saturated rings. The van der Waals surface area contributed by atoms with Gasteiger partial charge in [0.2, 0.25) is 0 Å². The van der Waals surface area contributed by atoms with Crippen LogP contribution < -0.4 is 0 Å². The van der Waals surface area contributed by atoms with Crippen LogP contribution in [0.25, 0.3) is 5.57 Å². The van der Waals surface area contributed by atoms with Crippen LogP contribution in [-0.2, 0) is 21.9 Å². The van der Waals surface area contributed by atoms with Gasteiger partial charge in [0.15, 0.2) is 0 Å². The zero-order chi connectivity index (χ0) is 8.27. The maximum absolute atomic E-state index is 10.4. The minimum atomic E-state index is -0.976. The van der Waals surface area contributed by atoms with Gasteiger partial charge in [-0.1, -0.05) is 36.9 Å². The van der Waals surface area contributed by atoms with Gasteiger partial charge in [0.25, 0.3) is 0 Å². The van der Waals surface area contributed by atoms with E-state index < -0.39 is 5.97 Å². The van der Waals surface area contributed by atoms with Crippen LogP contribution in [0, 0.1) is 0 Å². The topological polar surface area (TPSA) is 37.3 Å². The van der Waals surface area contributed by atoms with E-state index in [1.54, 1.807) is 24.3 Å². The third-order valence-corrected chi connectivity index (χ3v) is 1.38. The summed E-state index contributed by atoms with van der Waals surface area (Å²) >= 11 is 0. The quantitative estimate of drug-likeness (QED) is 0.588. The maximum atomic E-state index is 10.4. The summed E-state index contributed by atoms with van der Waals surface area (Å²) in [6, 6.07) is 8.83. The summed E-state index contributed by atoms with van der Waals surface area (Å²) in [7, 11) is 0. The number of benzene rings is 1. The summed E-state index contributed by atoms with van der Waals surface area (Å²) in [5.74, 6) is -0.976. The third-order valence-electron chi connectivity index (χ3n) is 1.38. The van der Waals surface area contributed by atoms with Gasteiger partial charge in [0, 0.05) is 17.1 Å². The first-order valence-corrected chi connectivity index (χ1v) is 3.19. The smallest absolute Gasteiger partial charge is 0.335 e. The predicted molar refractivity (Wildman–Crippen MR) is 43.1 cm³/mol. The Hall–Kier alpha value is -1.05. The SMILES string of the molecule is C=C(C(=O)O)c1ccccc1.[Fe]. The Balaban J connectivity index is 0.00000121. The molecule has 2 nitrogen and oxygen atoms in total. The van der Waals surface area contributed by atoms with Crippen LogP contribution in [0.5, 0.6) is 0 Å². The summed E-state index contributed by atoms with van der Waals surface area (Å²) in [6.07, 6.45) is 0. The molecule has 0 saturated carbocycles. The molecule has 0 aliphatic carbocycles. The van der Waals surface area contributed by atoms with Crippen LogP contribution in [0.2, 0.25) is 0 Å². The van der Waals surface area contributed by atoms with Crippen molar-refractivity contribution in [2.75, 3.05) is 0 Å². The van der Waals surface area contributed by atoms with E-state index >= 15 is 0 Å². The third kappa shape index (κ3) is 2.53. The van der Waals surface area contributed by atoms with E-state index in [4.69, 9.17) is 5.11 Å². The molecule has 0 amide bonds. The molecule has 0 aliphatic rings. The standard InChI is InChI=1S/C9H8O2.Fe/c1-7(9(10)11)8-5-3-2-4-6-8;/h2-6H,1H2,(H,10,11);. The monoisotopic (exact) mass is 204 g/mol. The van der Waals surface area contributed by atoms with Crippen molar-refractivity contribution >= 4 is 11.5 Å². The summed E-state index contributed by atoms with van der Waals surface area (Å²) < 4.78 is 0. The average molecular weight is 204 g/mol.